The number of benzene rings is 2. The molecular weight excluding hydrogens is 380 g/mol. The van der Waals surface area contributed by atoms with Crippen LogP contribution >= 0.6 is 0 Å². The molecule has 3 aromatic rings. The highest BCUT2D eigenvalue weighted by atomic mass is 16.5. The largest absolute Gasteiger partial charge is 0.496 e. The molecule has 0 radical (unpaired) electrons. The monoisotopic (exact) mass is 414 g/mol. The van der Waals surface area contributed by atoms with E-state index in [4.69, 9.17) is 9.72 Å². The van der Waals surface area contributed by atoms with Crippen LogP contribution in [-0.4, -0.2) is 23.0 Å². The minimum atomic E-state index is 0.663. The van der Waals surface area contributed by atoms with Gasteiger partial charge in [-0.05, 0) is 49.3 Å². The third-order valence-corrected chi connectivity index (χ3v) is 6.42. The minimum absolute atomic E-state index is 0.663. The summed E-state index contributed by atoms with van der Waals surface area (Å²) in [5.74, 6) is 0.953. The lowest BCUT2D eigenvalue weighted by Gasteiger charge is -2.25. The SMILES string of the molecule is CCc1cccc(CC)c1-c1cc(OC)c(CN(Cc2ccccc2)C2CC2)c(C)n1. The van der Waals surface area contributed by atoms with Gasteiger partial charge in [-0.25, -0.2) is 0 Å². The predicted molar refractivity (Wildman–Crippen MR) is 128 cm³/mol. The number of aryl methyl sites for hydroxylation is 3. The van der Waals surface area contributed by atoms with Crippen LogP contribution in [0.4, 0.5) is 0 Å². The number of hydrogen-bond donors (Lipinski definition) is 0. The molecule has 3 nitrogen and oxygen atoms in total. The van der Waals surface area contributed by atoms with E-state index in [2.05, 4.69) is 80.3 Å². The van der Waals surface area contributed by atoms with Gasteiger partial charge >= 0.3 is 0 Å². The van der Waals surface area contributed by atoms with E-state index < -0.39 is 0 Å². The molecule has 1 aliphatic rings. The van der Waals surface area contributed by atoms with Gasteiger partial charge < -0.3 is 4.74 Å². The molecule has 4 rings (SSSR count). The van der Waals surface area contributed by atoms with E-state index in [1.54, 1.807) is 7.11 Å². The topological polar surface area (TPSA) is 25.4 Å². The van der Waals surface area contributed by atoms with E-state index in [-0.39, 0.29) is 0 Å². The lowest BCUT2D eigenvalue weighted by molar-refractivity contribution is 0.241. The lowest BCUT2D eigenvalue weighted by Crippen LogP contribution is -2.26. The van der Waals surface area contributed by atoms with E-state index in [1.165, 1.54) is 40.7 Å². The summed E-state index contributed by atoms with van der Waals surface area (Å²) in [7, 11) is 1.78. The zero-order valence-corrected chi connectivity index (χ0v) is 19.3. The molecule has 0 atom stereocenters. The van der Waals surface area contributed by atoms with Gasteiger partial charge in [0.25, 0.3) is 0 Å². The van der Waals surface area contributed by atoms with Crippen molar-refractivity contribution in [3.8, 4) is 17.0 Å². The van der Waals surface area contributed by atoms with Crippen molar-refractivity contribution in [1.82, 2.24) is 9.88 Å². The molecular formula is C28H34N2O. The highest BCUT2D eigenvalue weighted by molar-refractivity contribution is 5.70. The molecule has 0 amide bonds. The van der Waals surface area contributed by atoms with Crippen molar-refractivity contribution in [2.45, 2.75) is 65.6 Å². The number of aromatic nitrogens is 1. The van der Waals surface area contributed by atoms with Crippen molar-refractivity contribution in [2.24, 2.45) is 0 Å². The van der Waals surface area contributed by atoms with Crippen LogP contribution in [0.2, 0.25) is 0 Å². The molecule has 0 unspecified atom stereocenters. The Hall–Kier alpha value is -2.65. The first-order valence-electron chi connectivity index (χ1n) is 11.6. The maximum Gasteiger partial charge on any atom is 0.127 e. The Morgan fingerprint density at radius 2 is 1.61 bits per heavy atom. The zero-order valence-electron chi connectivity index (χ0n) is 19.3. The predicted octanol–water partition coefficient (Wildman–Crippen LogP) is 6.36. The van der Waals surface area contributed by atoms with Gasteiger partial charge in [0.05, 0.1) is 12.8 Å². The molecule has 0 aliphatic heterocycles. The maximum atomic E-state index is 5.92. The van der Waals surface area contributed by atoms with E-state index in [0.717, 1.165) is 43.1 Å². The molecule has 1 fully saturated rings. The number of methoxy groups -OCH3 is 1. The highest BCUT2D eigenvalue weighted by Crippen LogP contribution is 2.36. The van der Waals surface area contributed by atoms with Crippen LogP contribution in [-0.2, 0) is 25.9 Å². The number of ether oxygens (including phenoxy) is 1. The molecule has 0 N–H and O–H groups in total. The van der Waals surface area contributed by atoms with Crippen LogP contribution in [0.5, 0.6) is 5.75 Å². The average Bonchev–Trinajstić information content (AvgIpc) is 3.65. The van der Waals surface area contributed by atoms with Crippen LogP contribution in [0.3, 0.4) is 0 Å². The summed E-state index contributed by atoms with van der Waals surface area (Å²) in [6, 6.07) is 20.2. The Bertz CT molecular complexity index is 1000. The smallest absolute Gasteiger partial charge is 0.127 e. The van der Waals surface area contributed by atoms with Crippen molar-refractivity contribution < 1.29 is 4.74 Å². The second kappa shape index (κ2) is 9.65. The van der Waals surface area contributed by atoms with Crippen molar-refractivity contribution in [1.29, 1.82) is 0 Å². The van der Waals surface area contributed by atoms with Crippen molar-refractivity contribution >= 4 is 0 Å². The fourth-order valence-corrected chi connectivity index (χ4v) is 4.52. The molecule has 2 aromatic carbocycles. The van der Waals surface area contributed by atoms with E-state index in [1.807, 2.05) is 0 Å². The Labute approximate surface area is 187 Å². The van der Waals surface area contributed by atoms with Crippen LogP contribution in [0.1, 0.15) is 54.6 Å². The van der Waals surface area contributed by atoms with Crippen LogP contribution < -0.4 is 4.74 Å². The molecule has 0 spiro atoms. The molecule has 1 aliphatic carbocycles. The molecule has 0 bridgehead atoms. The molecule has 162 valence electrons. The first-order valence-corrected chi connectivity index (χ1v) is 11.6. The quantitative estimate of drug-likeness (QED) is 0.408. The first kappa shape index (κ1) is 21.6. The minimum Gasteiger partial charge on any atom is -0.496 e. The zero-order chi connectivity index (χ0) is 21.8. The summed E-state index contributed by atoms with van der Waals surface area (Å²) in [4.78, 5) is 7.68. The van der Waals surface area contributed by atoms with Crippen LogP contribution in [0, 0.1) is 6.92 Å². The Morgan fingerprint density at radius 1 is 0.935 bits per heavy atom. The van der Waals surface area contributed by atoms with Crippen molar-refractivity contribution in [2.75, 3.05) is 7.11 Å². The van der Waals surface area contributed by atoms with E-state index >= 15 is 0 Å². The molecule has 1 heterocycles. The molecule has 31 heavy (non-hydrogen) atoms. The first-order chi connectivity index (χ1) is 15.1. The van der Waals surface area contributed by atoms with Gasteiger partial charge in [0, 0.05) is 42.0 Å². The van der Waals surface area contributed by atoms with Gasteiger partial charge in [-0.15, -0.1) is 0 Å². The van der Waals surface area contributed by atoms with Gasteiger partial charge in [0.15, 0.2) is 0 Å². The number of hydrogen-bond acceptors (Lipinski definition) is 3. The number of pyridine rings is 1. The van der Waals surface area contributed by atoms with Gasteiger partial charge in [0.2, 0.25) is 0 Å². The summed E-state index contributed by atoms with van der Waals surface area (Å²) in [6.45, 7) is 8.41. The maximum absolute atomic E-state index is 5.92. The fraction of sp³-hybridized carbons (Fsp3) is 0.393. The van der Waals surface area contributed by atoms with Gasteiger partial charge in [0.1, 0.15) is 5.75 Å². The second-order valence-electron chi connectivity index (χ2n) is 8.55. The van der Waals surface area contributed by atoms with Crippen LogP contribution in [0.25, 0.3) is 11.3 Å². The van der Waals surface area contributed by atoms with Gasteiger partial charge in [-0.1, -0.05) is 62.4 Å². The summed E-state index contributed by atoms with van der Waals surface area (Å²) in [6.07, 6.45) is 4.56. The summed E-state index contributed by atoms with van der Waals surface area (Å²) in [5.41, 5.74) is 8.66. The third-order valence-electron chi connectivity index (χ3n) is 6.42. The average molecular weight is 415 g/mol. The number of rotatable bonds is 9. The summed E-state index contributed by atoms with van der Waals surface area (Å²) >= 11 is 0. The van der Waals surface area contributed by atoms with Gasteiger partial charge in [-0.3, -0.25) is 9.88 Å². The Morgan fingerprint density at radius 3 is 2.19 bits per heavy atom. The van der Waals surface area contributed by atoms with Crippen LogP contribution in [0.15, 0.2) is 54.6 Å². The third kappa shape index (κ3) is 4.83. The highest BCUT2D eigenvalue weighted by Gasteiger charge is 2.30. The molecule has 1 aromatic heterocycles. The summed E-state index contributed by atoms with van der Waals surface area (Å²) < 4.78 is 5.92. The molecule has 3 heteroatoms. The fourth-order valence-electron chi connectivity index (χ4n) is 4.52. The molecule has 1 saturated carbocycles. The molecule has 0 saturated heterocycles. The normalized spacial score (nSPS) is 13.6. The van der Waals surface area contributed by atoms with E-state index in [0.29, 0.717) is 6.04 Å². The Balaban J connectivity index is 1.69. The summed E-state index contributed by atoms with van der Waals surface area (Å²) in [5, 5.41) is 0. The van der Waals surface area contributed by atoms with E-state index in [9.17, 15) is 0 Å². The second-order valence-corrected chi connectivity index (χ2v) is 8.55. The van der Waals surface area contributed by atoms with Gasteiger partial charge in [-0.2, -0.15) is 0 Å². The standard InChI is InChI=1S/C28H34N2O/c1-5-22-13-10-14-23(6-2)28(22)26-17-27(31-4)25(20(3)29-26)19-30(24-15-16-24)18-21-11-8-7-9-12-21/h7-14,17,24H,5-6,15-16,18-19H2,1-4H3. The Kier molecular flexibility index (Phi) is 6.72. The van der Waals surface area contributed by atoms with Crippen molar-refractivity contribution in [3.05, 3.63) is 82.5 Å². The number of nitrogens with zero attached hydrogens (tertiary/aromatic N) is 2. The van der Waals surface area contributed by atoms with Crippen molar-refractivity contribution in [3.63, 3.8) is 0 Å². The lowest BCUT2D eigenvalue weighted by atomic mass is 9.94.